The Morgan fingerprint density at radius 3 is 2.43 bits per heavy atom. The summed E-state index contributed by atoms with van der Waals surface area (Å²) in [5.74, 6) is -1.20. The average Bonchev–Trinajstić information content (AvgIpc) is 2.98. The van der Waals surface area contributed by atoms with Crippen LogP contribution in [0.4, 0.5) is 0 Å². The Labute approximate surface area is 125 Å². The van der Waals surface area contributed by atoms with Gasteiger partial charge in [-0.1, -0.05) is 27.2 Å². The van der Waals surface area contributed by atoms with Gasteiger partial charge in [0.15, 0.2) is 0 Å². The van der Waals surface area contributed by atoms with Crippen LogP contribution in [0.15, 0.2) is 18.7 Å². The van der Waals surface area contributed by atoms with Gasteiger partial charge in [0.1, 0.15) is 5.54 Å². The number of nitrogens with one attached hydrogen (secondary N) is 1. The van der Waals surface area contributed by atoms with Gasteiger partial charge in [0.2, 0.25) is 5.91 Å². The number of carbonyl (C=O) groups is 2. The second kappa shape index (κ2) is 7.81. The van der Waals surface area contributed by atoms with Crippen LogP contribution >= 0.6 is 0 Å². The third-order valence-corrected chi connectivity index (χ3v) is 3.98. The van der Waals surface area contributed by atoms with Crippen molar-refractivity contribution in [2.24, 2.45) is 0 Å². The minimum Gasteiger partial charge on any atom is -0.480 e. The molecule has 0 fully saturated rings. The fourth-order valence-electron chi connectivity index (χ4n) is 2.49. The Kier molecular flexibility index (Phi) is 6.39. The minimum atomic E-state index is -1.16. The lowest BCUT2D eigenvalue weighted by molar-refractivity contribution is -0.148. The van der Waals surface area contributed by atoms with E-state index in [1.54, 1.807) is 26.4 Å². The van der Waals surface area contributed by atoms with Crippen LogP contribution in [-0.4, -0.2) is 32.1 Å². The number of aromatic nitrogens is 2. The van der Waals surface area contributed by atoms with Crippen LogP contribution in [0.3, 0.4) is 0 Å². The number of hydrogen-bond acceptors (Lipinski definition) is 3. The molecule has 6 heteroatoms. The molecule has 118 valence electrons. The van der Waals surface area contributed by atoms with Crippen molar-refractivity contribution in [1.29, 1.82) is 0 Å². The van der Waals surface area contributed by atoms with Crippen LogP contribution in [-0.2, 0) is 9.59 Å². The standard InChI is InChI=1S/C15H25N3O3/c1-4-7-12(18-9-8-16-11-18)10-13(19)17-15(5-2,6-3)14(20)21/h8-9,11-12H,4-7,10H2,1-3H3,(H,17,19)(H,20,21). The molecule has 0 saturated carbocycles. The van der Waals surface area contributed by atoms with Crippen LogP contribution in [0.1, 0.15) is 58.9 Å². The molecule has 1 amide bonds. The molecule has 0 aliphatic carbocycles. The van der Waals surface area contributed by atoms with Crippen molar-refractivity contribution < 1.29 is 14.7 Å². The highest BCUT2D eigenvalue weighted by Crippen LogP contribution is 2.20. The number of rotatable bonds is 9. The summed E-state index contributed by atoms with van der Waals surface area (Å²) in [5.41, 5.74) is -1.16. The molecule has 21 heavy (non-hydrogen) atoms. The topological polar surface area (TPSA) is 84.2 Å². The fourth-order valence-corrected chi connectivity index (χ4v) is 2.49. The van der Waals surface area contributed by atoms with Crippen LogP contribution in [0.5, 0.6) is 0 Å². The van der Waals surface area contributed by atoms with E-state index >= 15 is 0 Å². The SMILES string of the molecule is CCCC(CC(=O)NC(CC)(CC)C(=O)O)n1ccnc1. The molecule has 0 radical (unpaired) electrons. The number of carbonyl (C=O) groups excluding carboxylic acids is 1. The van der Waals surface area contributed by atoms with Crippen molar-refractivity contribution >= 4 is 11.9 Å². The summed E-state index contributed by atoms with van der Waals surface area (Å²) >= 11 is 0. The first-order chi connectivity index (χ1) is 9.99. The molecular weight excluding hydrogens is 270 g/mol. The molecule has 1 unspecified atom stereocenters. The second-order valence-electron chi connectivity index (χ2n) is 5.30. The lowest BCUT2D eigenvalue weighted by Crippen LogP contribution is -2.54. The number of imidazole rings is 1. The van der Waals surface area contributed by atoms with Gasteiger partial charge in [-0.15, -0.1) is 0 Å². The van der Waals surface area contributed by atoms with Gasteiger partial charge in [-0.2, -0.15) is 0 Å². The van der Waals surface area contributed by atoms with Gasteiger partial charge in [0, 0.05) is 24.9 Å². The summed E-state index contributed by atoms with van der Waals surface area (Å²) in [6.07, 6.45) is 8.00. The Bertz CT molecular complexity index is 453. The van der Waals surface area contributed by atoms with E-state index < -0.39 is 11.5 Å². The molecule has 1 atom stereocenters. The van der Waals surface area contributed by atoms with E-state index in [0.29, 0.717) is 12.8 Å². The molecule has 0 aliphatic rings. The molecule has 6 nitrogen and oxygen atoms in total. The van der Waals surface area contributed by atoms with E-state index in [4.69, 9.17) is 0 Å². The van der Waals surface area contributed by atoms with Crippen molar-refractivity contribution in [1.82, 2.24) is 14.9 Å². The first-order valence-corrected chi connectivity index (χ1v) is 7.50. The van der Waals surface area contributed by atoms with Crippen LogP contribution in [0.2, 0.25) is 0 Å². The molecule has 0 saturated heterocycles. The van der Waals surface area contributed by atoms with Gasteiger partial charge in [0.05, 0.1) is 6.33 Å². The Balaban J connectivity index is 2.76. The highest BCUT2D eigenvalue weighted by molar-refractivity contribution is 5.87. The molecule has 0 aromatic carbocycles. The Morgan fingerprint density at radius 2 is 2.00 bits per heavy atom. The third kappa shape index (κ3) is 4.31. The fraction of sp³-hybridized carbons (Fsp3) is 0.667. The molecule has 0 spiro atoms. The van der Waals surface area contributed by atoms with Gasteiger partial charge in [-0.05, 0) is 19.3 Å². The molecule has 1 rings (SSSR count). The molecule has 0 aliphatic heterocycles. The highest BCUT2D eigenvalue weighted by Gasteiger charge is 2.36. The van der Waals surface area contributed by atoms with Crippen LogP contribution in [0.25, 0.3) is 0 Å². The van der Waals surface area contributed by atoms with Crippen molar-refractivity contribution in [2.75, 3.05) is 0 Å². The maximum Gasteiger partial charge on any atom is 0.329 e. The zero-order valence-corrected chi connectivity index (χ0v) is 13.0. The summed E-state index contributed by atoms with van der Waals surface area (Å²) in [6, 6.07) is 0.0118. The van der Waals surface area contributed by atoms with Crippen LogP contribution < -0.4 is 5.32 Å². The van der Waals surface area contributed by atoms with E-state index in [1.807, 2.05) is 10.8 Å². The number of nitrogens with zero attached hydrogens (tertiary/aromatic N) is 2. The largest absolute Gasteiger partial charge is 0.480 e. The van der Waals surface area contributed by atoms with E-state index in [9.17, 15) is 14.7 Å². The van der Waals surface area contributed by atoms with Gasteiger partial charge in [-0.25, -0.2) is 9.78 Å². The van der Waals surface area contributed by atoms with Gasteiger partial charge in [-0.3, -0.25) is 4.79 Å². The first-order valence-electron chi connectivity index (χ1n) is 7.50. The molecule has 1 heterocycles. The Hall–Kier alpha value is -1.85. The lowest BCUT2D eigenvalue weighted by atomic mass is 9.92. The zero-order valence-electron chi connectivity index (χ0n) is 13.0. The van der Waals surface area contributed by atoms with E-state index in [2.05, 4.69) is 17.2 Å². The monoisotopic (exact) mass is 295 g/mol. The summed E-state index contributed by atoms with van der Waals surface area (Å²) in [7, 11) is 0. The zero-order chi connectivity index (χ0) is 15.9. The molecule has 1 aromatic heterocycles. The van der Waals surface area contributed by atoms with Gasteiger partial charge in [0.25, 0.3) is 0 Å². The number of carboxylic acid groups (broad SMARTS) is 1. The van der Waals surface area contributed by atoms with Crippen molar-refractivity contribution in [3.63, 3.8) is 0 Å². The Morgan fingerprint density at radius 1 is 1.33 bits per heavy atom. The molecule has 0 bridgehead atoms. The predicted molar refractivity (Wildman–Crippen MR) is 79.9 cm³/mol. The molecule has 1 aromatic rings. The summed E-state index contributed by atoms with van der Waals surface area (Å²) < 4.78 is 1.91. The van der Waals surface area contributed by atoms with Crippen molar-refractivity contribution in [3.8, 4) is 0 Å². The van der Waals surface area contributed by atoms with E-state index in [1.165, 1.54) is 0 Å². The number of carboxylic acids is 1. The average molecular weight is 295 g/mol. The van der Waals surface area contributed by atoms with Gasteiger partial charge >= 0.3 is 5.97 Å². The summed E-state index contributed by atoms with van der Waals surface area (Å²) in [5, 5.41) is 12.1. The van der Waals surface area contributed by atoms with Crippen molar-refractivity contribution in [3.05, 3.63) is 18.7 Å². The lowest BCUT2D eigenvalue weighted by Gasteiger charge is -2.29. The first kappa shape index (κ1) is 17.2. The molecular formula is C15H25N3O3. The van der Waals surface area contributed by atoms with E-state index in [0.717, 1.165) is 12.8 Å². The third-order valence-electron chi connectivity index (χ3n) is 3.98. The maximum absolute atomic E-state index is 12.3. The maximum atomic E-state index is 12.3. The summed E-state index contributed by atoms with van der Waals surface area (Å²) in [4.78, 5) is 27.7. The van der Waals surface area contributed by atoms with Crippen LogP contribution in [0, 0.1) is 0 Å². The number of aliphatic carboxylic acids is 1. The van der Waals surface area contributed by atoms with Gasteiger partial charge < -0.3 is 15.0 Å². The van der Waals surface area contributed by atoms with E-state index in [-0.39, 0.29) is 18.4 Å². The quantitative estimate of drug-likeness (QED) is 0.732. The smallest absolute Gasteiger partial charge is 0.329 e. The summed E-state index contributed by atoms with van der Waals surface area (Å²) in [6.45, 7) is 5.61. The second-order valence-corrected chi connectivity index (χ2v) is 5.30. The molecule has 2 N–H and O–H groups in total. The minimum absolute atomic E-state index is 0.0118. The highest BCUT2D eigenvalue weighted by atomic mass is 16.4. The number of hydrogen-bond donors (Lipinski definition) is 2. The normalized spacial score (nSPS) is 12.9. The predicted octanol–water partition coefficient (Wildman–Crippen LogP) is 2.37. The van der Waals surface area contributed by atoms with Crippen molar-refractivity contribution in [2.45, 2.75) is 64.5 Å². The number of amides is 1.